The van der Waals surface area contributed by atoms with Gasteiger partial charge >= 0.3 is 0 Å². The van der Waals surface area contributed by atoms with E-state index in [9.17, 15) is 33.4 Å². The van der Waals surface area contributed by atoms with Crippen molar-refractivity contribution in [2.45, 2.75) is 11.8 Å². The van der Waals surface area contributed by atoms with Crippen LogP contribution < -0.4 is 9.73 Å². The zero-order valence-corrected chi connectivity index (χ0v) is 19.1. The maximum Gasteiger partial charge on any atom is 0.271 e. The predicted molar refractivity (Wildman–Crippen MR) is 128 cm³/mol. The lowest BCUT2D eigenvalue weighted by atomic mass is 10.1. The van der Waals surface area contributed by atoms with Gasteiger partial charge in [0.15, 0.2) is 0 Å². The highest BCUT2D eigenvalue weighted by Crippen LogP contribution is 2.26. The Bertz CT molecular complexity index is 1390. The number of non-ortho nitro benzene ring substituents is 2. The summed E-state index contributed by atoms with van der Waals surface area (Å²) in [6.07, 6.45) is 0. The highest BCUT2D eigenvalue weighted by Gasteiger charge is 2.28. The van der Waals surface area contributed by atoms with Crippen molar-refractivity contribution in [2.24, 2.45) is 5.10 Å². The van der Waals surface area contributed by atoms with Gasteiger partial charge in [0.1, 0.15) is 6.54 Å². The summed E-state index contributed by atoms with van der Waals surface area (Å²) in [7, 11) is -4.26. The number of nitrogens with one attached hydrogen (secondary N) is 1. The molecule has 0 bridgehead atoms. The smallest absolute Gasteiger partial charge is 0.271 e. The maximum absolute atomic E-state index is 13.3. The number of anilines is 1. The van der Waals surface area contributed by atoms with E-state index in [1.165, 1.54) is 66.7 Å². The summed E-state index contributed by atoms with van der Waals surface area (Å²) in [6, 6.07) is 17.7. The summed E-state index contributed by atoms with van der Waals surface area (Å²) < 4.78 is 27.3. The van der Waals surface area contributed by atoms with Crippen LogP contribution in [-0.4, -0.2) is 36.4 Å². The first-order valence-corrected chi connectivity index (χ1v) is 11.4. The average molecular weight is 497 g/mol. The van der Waals surface area contributed by atoms with E-state index in [-0.39, 0.29) is 22.0 Å². The molecule has 1 amide bonds. The minimum Gasteiger partial charge on any atom is -0.271 e. The highest BCUT2D eigenvalue weighted by molar-refractivity contribution is 7.92. The van der Waals surface area contributed by atoms with Gasteiger partial charge in [-0.25, -0.2) is 13.8 Å². The van der Waals surface area contributed by atoms with Gasteiger partial charge in [0.05, 0.1) is 26.1 Å². The molecule has 0 radical (unpaired) electrons. The summed E-state index contributed by atoms with van der Waals surface area (Å²) in [5, 5.41) is 25.9. The van der Waals surface area contributed by atoms with Crippen LogP contribution in [0.5, 0.6) is 0 Å². The molecule has 0 saturated carbocycles. The molecule has 0 atom stereocenters. The third kappa shape index (κ3) is 6.03. The lowest BCUT2D eigenvalue weighted by Gasteiger charge is -2.23. The molecule has 0 aliphatic heterocycles. The number of rotatable bonds is 9. The molecule has 0 saturated heterocycles. The number of hydrazone groups is 1. The van der Waals surface area contributed by atoms with Gasteiger partial charge in [-0.3, -0.25) is 29.3 Å². The zero-order chi connectivity index (χ0) is 25.6. The van der Waals surface area contributed by atoms with Gasteiger partial charge in [0, 0.05) is 24.3 Å². The number of nitro groups is 2. The second-order valence-corrected chi connectivity index (χ2v) is 9.00. The minimum atomic E-state index is -4.26. The van der Waals surface area contributed by atoms with Crippen molar-refractivity contribution in [1.29, 1.82) is 0 Å². The Hall–Kier alpha value is -4.65. The van der Waals surface area contributed by atoms with E-state index < -0.39 is 32.3 Å². The monoisotopic (exact) mass is 497 g/mol. The van der Waals surface area contributed by atoms with Crippen molar-refractivity contribution in [3.63, 3.8) is 0 Å². The minimum absolute atomic E-state index is 0.0747. The van der Waals surface area contributed by atoms with Crippen molar-refractivity contribution < 1.29 is 23.1 Å². The third-order valence-electron chi connectivity index (χ3n) is 4.79. The zero-order valence-electron chi connectivity index (χ0n) is 18.3. The molecule has 0 aromatic heterocycles. The summed E-state index contributed by atoms with van der Waals surface area (Å²) in [6.45, 7) is 0.843. The Labute approximate surface area is 199 Å². The van der Waals surface area contributed by atoms with Gasteiger partial charge in [-0.05, 0) is 42.8 Å². The van der Waals surface area contributed by atoms with Crippen LogP contribution in [0.2, 0.25) is 0 Å². The van der Waals surface area contributed by atoms with E-state index in [4.69, 9.17) is 0 Å². The maximum atomic E-state index is 13.3. The van der Waals surface area contributed by atoms with Crippen LogP contribution >= 0.6 is 0 Å². The molecule has 35 heavy (non-hydrogen) atoms. The summed E-state index contributed by atoms with van der Waals surface area (Å²) >= 11 is 0. The van der Waals surface area contributed by atoms with Crippen LogP contribution in [0.25, 0.3) is 0 Å². The van der Waals surface area contributed by atoms with Crippen LogP contribution in [0.1, 0.15) is 12.5 Å². The molecule has 3 aromatic rings. The van der Waals surface area contributed by atoms with Gasteiger partial charge in [-0.1, -0.05) is 24.3 Å². The topological polar surface area (TPSA) is 165 Å². The molecule has 0 aliphatic rings. The van der Waals surface area contributed by atoms with Crippen molar-refractivity contribution >= 4 is 38.7 Å². The molecule has 0 unspecified atom stereocenters. The molecule has 3 rings (SSSR count). The highest BCUT2D eigenvalue weighted by atomic mass is 32.2. The van der Waals surface area contributed by atoms with E-state index >= 15 is 0 Å². The second kappa shape index (κ2) is 10.5. The molecule has 3 aromatic carbocycles. The summed E-state index contributed by atoms with van der Waals surface area (Å²) in [4.78, 5) is 33.3. The number of sulfonamides is 1. The molecule has 0 spiro atoms. The number of benzene rings is 3. The Morgan fingerprint density at radius 1 is 0.914 bits per heavy atom. The first-order valence-electron chi connectivity index (χ1n) is 10.00. The van der Waals surface area contributed by atoms with Crippen LogP contribution in [-0.2, 0) is 14.8 Å². The quantitative estimate of drug-likeness (QED) is 0.269. The molecule has 1 N–H and O–H groups in total. The SMILES string of the molecule is C/C(=N/NC(=O)CN(c1cccc([N+](=O)[O-])c1)S(=O)(=O)c1ccccc1)c1ccc([N+](=O)[O-])cc1. The first kappa shape index (κ1) is 25.0. The van der Waals surface area contributed by atoms with Gasteiger partial charge in [0.2, 0.25) is 0 Å². The number of hydrogen-bond acceptors (Lipinski definition) is 8. The summed E-state index contributed by atoms with van der Waals surface area (Å²) in [5.41, 5.74) is 2.55. The van der Waals surface area contributed by atoms with Crippen LogP contribution in [0.15, 0.2) is 88.9 Å². The van der Waals surface area contributed by atoms with E-state index in [1.54, 1.807) is 13.0 Å². The number of nitrogens with zero attached hydrogens (tertiary/aromatic N) is 4. The van der Waals surface area contributed by atoms with E-state index in [2.05, 4.69) is 10.5 Å². The lowest BCUT2D eigenvalue weighted by Crippen LogP contribution is -2.39. The fourth-order valence-electron chi connectivity index (χ4n) is 3.00. The third-order valence-corrected chi connectivity index (χ3v) is 6.58. The van der Waals surface area contributed by atoms with E-state index in [1.807, 2.05) is 0 Å². The normalized spacial score (nSPS) is 11.5. The Balaban J connectivity index is 1.88. The van der Waals surface area contributed by atoms with Crippen LogP contribution in [0.4, 0.5) is 17.1 Å². The molecular weight excluding hydrogens is 478 g/mol. The molecule has 12 nitrogen and oxygen atoms in total. The van der Waals surface area contributed by atoms with Gasteiger partial charge in [0.25, 0.3) is 27.3 Å². The van der Waals surface area contributed by atoms with Crippen LogP contribution in [0, 0.1) is 20.2 Å². The molecule has 0 fully saturated rings. The van der Waals surface area contributed by atoms with Crippen molar-refractivity contribution in [3.8, 4) is 0 Å². The lowest BCUT2D eigenvalue weighted by molar-refractivity contribution is -0.385. The largest absolute Gasteiger partial charge is 0.271 e. The fraction of sp³-hybridized carbons (Fsp3) is 0.0909. The predicted octanol–water partition coefficient (Wildman–Crippen LogP) is 3.24. The van der Waals surface area contributed by atoms with Crippen molar-refractivity contribution in [1.82, 2.24) is 5.43 Å². The number of hydrogen-bond donors (Lipinski definition) is 1. The number of carbonyl (C=O) groups is 1. The van der Waals surface area contributed by atoms with Crippen molar-refractivity contribution in [3.05, 3.63) is 105 Å². The molecular formula is C22H19N5O7S. The van der Waals surface area contributed by atoms with E-state index in [0.29, 0.717) is 11.3 Å². The Morgan fingerprint density at radius 2 is 1.54 bits per heavy atom. The number of carbonyl (C=O) groups excluding carboxylic acids is 1. The molecule has 0 aliphatic carbocycles. The molecule has 13 heteroatoms. The first-order chi connectivity index (χ1) is 16.6. The van der Waals surface area contributed by atoms with Gasteiger partial charge in [-0.2, -0.15) is 5.10 Å². The van der Waals surface area contributed by atoms with Gasteiger partial charge in [-0.15, -0.1) is 0 Å². The summed E-state index contributed by atoms with van der Waals surface area (Å²) in [5.74, 6) is -0.808. The standard InChI is InChI=1S/C22H19N5O7S/c1-16(17-10-12-18(13-11-17)26(29)30)23-24-22(28)15-25(19-6-5-7-20(14-19)27(31)32)35(33,34)21-8-3-2-4-9-21/h2-14H,15H2,1H3,(H,24,28)/b23-16-. The fourth-order valence-corrected chi connectivity index (χ4v) is 4.43. The Kier molecular flexibility index (Phi) is 7.51. The van der Waals surface area contributed by atoms with Gasteiger partial charge < -0.3 is 0 Å². The second-order valence-electron chi connectivity index (χ2n) is 7.14. The Morgan fingerprint density at radius 3 is 2.14 bits per heavy atom. The number of nitro benzene ring substituents is 2. The van der Waals surface area contributed by atoms with Crippen LogP contribution in [0.3, 0.4) is 0 Å². The number of amides is 1. The van der Waals surface area contributed by atoms with Crippen molar-refractivity contribution in [2.75, 3.05) is 10.8 Å². The van der Waals surface area contributed by atoms with E-state index in [0.717, 1.165) is 10.4 Å². The molecule has 180 valence electrons. The molecule has 0 heterocycles. The average Bonchev–Trinajstić information content (AvgIpc) is 2.86.